The van der Waals surface area contributed by atoms with Gasteiger partial charge in [0.25, 0.3) is 11.8 Å². The number of fused-ring (bicyclic) bond motifs is 1. The molecule has 2 fully saturated rings. The lowest BCUT2D eigenvalue weighted by Gasteiger charge is -2.35. The van der Waals surface area contributed by atoms with Crippen LogP contribution in [0.4, 0.5) is 10.5 Å². The van der Waals surface area contributed by atoms with Crippen LogP contribution in [-0.4, -0.2) is 108 Å². The number of anilines is 1. The minimum Gasteiger partial charge on any atom is -0.486 e. The lowest BCUT2D eigenvalue weighted by molar-refractivity contribution is -0.158. The van der Waals surface area contributed by atoms with Crippen molar-refractivity contribution in [3.8, 4) is 5.75 Å². The Morgan fingerprint density at radius 1 is 1.02 bits per heavy atom. The monoisotopic (exact) mass is 654 g/mol. The molecule has 1 unspecified atom stereocenters. The van der Waals surface area contributed by atoms with Gasteiger partial charge in [0.1, 0.15) is 30.2 Å². The summed E-state index contributed by atoms with van der Waals surface area (Å²) < 4.78 is 17.7. The molecule has 11 nitrogen and oxygen atoms in total. The minimum absolute atomic E-state index is 0.101. The van der Waals surface area contributed by atoms with Gasteiger partial charge in [-0.25, -0.2) is 14.8 Å². The molecule has 0 saturated carbocycles. The van der Waals surface area contributed by atoms with Gasteiger partial charge in [-0.05, 0) is 81.9 Å². The topological polar surface area (TPSA) is 118 Å². The van der Waals surface area contributed by atoms with Crippen LogP contribution in [0.15, 0.2) is 48.5 Å². The Morgan fingerprint density at radius 2 is 1.76 bits per heavy atom. The van der Waals surface area contributed by atoms with Gasteiger partial charge < -0.3 is 29.3 Å². The van der Waals surface area contributed by atoms with Crippen molar-refractivity contribution in [2.45, 2.75) is 63.9 Å². The van der Waals surface area contributed by atoms with E-state index < -0.39 is 39.8 Å². The van der Waals surface area contributed by atoms with Gasteiger partial charge in [-0.3, -0.25) is 19.3 Å². The fourth-order valence-electron chi connectivity index (χ4n) is 5.87. The first-order valence-electron chi connectivity index (χ1n) is 15.7. The number of ether oxygens (including phenoxy) is 3. The smallest absolute Gasteiger partial charge is 0.408 e. The fourth-order valence-corrected chi connectivity index (χ4v) is 6.49. The Morgan fingerprint density at radius 3 is 2.46 bits per heavy atom. The van der Waals surface area contributed by atoms with Crippen molar-refractivity contribution in [2.75, 3.05) is 55.8 Å². The van der Waals surface area contributed by atoms with E-state index in [4.69, 9.17) is 14.2 Å². The Bertz CT molecular complexity index is 1460. The van der Waals surface area contributed by atoms with Gasteiger partial charge in [-0.2, -0.15) is 0 Å². The van der Waals surface area contributed by atoms with Crippen molar-refractivity contribution in [3.05, 3.63) is 59.7 Å². The number of carbonyl (C=O) groups is 4. The molecule has 3 aliphatic rings. The number of rotatable bonds is 10. The van der Waals surface area contributed by atoms with Crippen LogP contribution in [0, 0.1) is 0 Å². The van der Waals surface area contributed by atoms with Crippen LogP contribution >= 0.6 is 10.0 Å². The highest BCUT2D eigenvalue weighted by molar-refractivity contribution is 8.32. The maximum absolute atomic E-state index is 13.5. The van der Waals surface area contributed by atoms with E-state index >= 15 is 0 Å². The Labute approximate surface area is 272 Å². The van der Waals surface area contributed by atoms with Gasteiger partial charge in [0.15, 0.2) is 0 Å². The third-order valence-electron chi connectivity index (χ3n) is 8.21. The van der Waals surface area contributed by atoms with E-state index in [-0.39, 0.29) is 44.0 Å². The van der Waals surface area contributed by atoms with Crippen LogP contribution < -0.4 is 15.0 Å². The zero-order valence-corrected chi connectivity index (χ0v) is 28.4. The molecule has 2 aromatic rings. The summed E-state index contributed by atoms with van der Waals surface area (Å²) in [4.78, 5) is 57.1. The molecule has 5 rings (SSSR count). The van der Waals surface area contributed by atoms with E-state index in [0.29, 0.717) is 31.0 Å². The summed E-state index contributed by atoms with van der Waals surface area (Å²) in [5.74, 6) is 0.511. The van der Waals surface area contributed by atoms with Crippen LogP contribution in [0.5, 0.6) is 5.75 Å². The fraction of sp³-hybridized carbons (Fsp3) is 0.529. The number of piperidine rings is 1. The SMILES string of the molecule is CC(C)(C)OC(=O)N[C@H]1CN(c2ccccc2)C[C@@H]1Oc1ccc2c(c1)CN(C1CCC(=O)N(COCCS(C)(C)C)C1=O)C2=O. The molecule has 3 heterocycles. The summed E-state index contributed by atoms with van der Waals surface area (Å²) in [6.45, 7) is 7.13. The summed E-state index contributed by atoms with van der Waals surface area (Å²) >= 11 is 0. The molecule has 0 aliphatic carbocycles. The number of amides is 4. The van der Waals surface area contributed by atoms with Crippen molar-refractivity contribution in [1.82, 2.24) is 15.1 Å². The predicted molar refractivity (Wildman–Crippen MR) is 178 cm³/mol. The molecule has 46 heavy (non-hydrogen) atoms. The summed E-state index contributed by atoms with van der Waals surface area (Å²) in [6.07, 6.45) is 6.10. The zero-order chi connectivity index (χ0) is 33.2. The maximum Gasteiger partial charge on any atom is 0.408 e. The molecule has 250 valence electrons. The predicted octanol–water partition coefficient (Wildman–Crippen LogP) is 3.99. The zero-order valence-electron chi connectivity index (χ0n) is 27.6. The number of hydrogen-bond donors (Lipinski definition) is 1. The molecule has 0 spiro atoms. The highest BCUT2D eigenvalue weighted by Gasteiger charge is 2.43. The quantitative estimate of drug-likeness (QED) is 0.302. The van der Waals surface area contributed by atoms with E-state index in [1.54, 1.807) is 17.0 Å². The molecule has 0 radical (unpaired) electrons. The van der Waals surface area contributed by atoms with E-state index in [1.165, 1.54) is 0 Å². The van der Waals surface area contributed by atoms with E-state index in [2.05, 4.69) is 29.0 Å². The van der Waals surface area contributed by atoms with E-state index in [1.807, 2.05) is 57.2 Å². The standard InChI is InChI=1S/C34H46N4O7S/c1-34(2,3)45-33(42)35-27-20-36(24-10-8-7-9-11-24)21-29(27)44-25-12-13-26-23(18-25)19-37(31(26)40)28-14-15-30(39)38(32(28)41)22-43-16-17-46(4,5)6/h7-13,18,27-29H,14-17,19-22H2,1-6H3,(H,35,42)/t27-,28?,29-/m0/s1. The molecular weight excluding hydrogens is 608 g/mol. The molecule has 12 heteroatoms. The number of imide groups is 1. The first kappa shape index (κ1) is 33.6. The first-order valence-corrected chi connectivity index (χ1v) is 18.7. The van der Waals surface area contributed by atoms with Gasteiger partial charge in [0.05, 0.1) is 19.2 Å². The molecular formula is C34H46N4O7S. The molecule has 2 aromatic carbocycles. The molecule has 3 atom stereocenters. The van der Waals surface area contributed by atoms with Crippen molar-refractivity contribution < 1.29 is 33.4 Å². The molecule has 3 aliphatic heterocycles. The summed E-state index contributed by atoms with van der Waals surface area (Å²) in [5, 5.41) is 2.98. The van der Waals surface area contributed by atoms with Crippen LogP contribution in [0.1, 0.15) is 49.5 Å². The number of para-hydroxylation sites is 1. The number of nitrogens with one attached hydrogen (secondary N) is 1. The van der Waals surface area contributed by atoms with Crippen LogP contribution in [0.25, 0.3) is 0 Å². The van der Waals surface area contributed by atoms with Crippen molar-refractivity contribution in [1.29, 1.82) is 0 Å². The number of benzene rings is 2. The largest absolute Gasteiger partial charge is 0.486 e. The lowest BCUT2D eigenvalue weighted by atomic mass is 10.0. The second-order valence-corrected chi connectivity index (χ2v) is 18.5. The Kier molecular flexibility index (Phi) is 9.88. The van der Waals surface area contributed by atoms with Crippen molar-refractivity contribution >= 4 is 39.5 Å². The lowest BCUT2D eigenvalue weighted by Crippen LogP contribution is -2.55. The van der Waals surface area contributed by atoms with E-state index in [9.17, 15) is 19.2 Å². The van der Waals surface area contributed by atoms with Crippen molar-refractivity contribution in [2.24, 2.45) is 0 Å². The molecule has 0 aromatic heterocycles. The molecule has 1 N–H and O–H groups in total. The van der Waals surface area contributed by atoms with Crippen LogP contribution in [0.2, 0.25) is 0 Å². The third-order valence-corrected chi connectivity index (χ3v) is 9.60. The van der Waals surface area contributed by atoms with E-state index in [0.717, 1.165) is 21.9 Å². The van der Waals surface area contributed by atoms with Gasteiger partial charge in [-0.15, -0.1) is 0 Å². The minimum atomic E-state index is -0.761. The summed E-state index contributed by atoms with van der Waals surface area (Å²) in [6, 6.07) is 14.1. The molecule has 0 bridgehead atoms. The molecule has 4 amide bonds. The second-order valence-electron chi connectivity index (χ2n) is 13.9. The number of likely N-dealkylation sites (tertiary alicyclic amines) is 1. The van der Waals surface area contributed by atoms with Crippen molar-refractivity contribution in [3.63, 3.8) is 0 Å². The Hall–Kier alpha value is -3.77. The maximum atomic E-state index is 13.5. The van der Waals surface area contributed by atoms with Gasteiger partial charge in [-0.1, -0.05) is 18.2 Å². The number of nitrogens with zero attached hydrogens (tertiary/aromatic N) is 3. The average molecular weight is 655 g/mol. The van der Waals surface area contributed by atoms with Gasteiger partial charge in [0, 0.05) is 36.5 Å². The third kappa shape index (κ3) is 8.14. The first-order chi connectivity index (χ1) is 21.7. The normalized spacial score (nSPS) is 22.3. The summed E-state index contributed by atoms with van der Waals surface area (Å²) in [7, 11) is -0.761. The van der Waals surface area contributed by atoms with Crippen LogP contribution in [0.3, 0.4) is 0 Å². The highest BCUT2D eigenvalue weighted by atomic mass is 32.3. The average Bonchev–Trinajstić information content (AvgIpc) is 3.51. The number of carbonyl (C=O) groups excluding carboxylic acids is 4. The Balaban J connectivity index is 1.26. The van der Waals surface area contributed by atoms with Gasteiger partial charge in [0.2, 0.25) is 5.91 Å². The summed E-state index contributed by atoms with van der Waals surface area (Å²) in [5.41, 5.74) is 1.64. The molecule has 2 saturated heterocycles. The number of hydrogen-bond acceptors (Lipinski definition) is 8. The number of alkyl carbamates (subject to hydrolysis) is 1. The van der Waals surface area contributed by atoms with Gasteiger partial charge >= 0.3 is 6.09 Å². The van der Waals surface area contributed by atoms with Crippen LogP contribution in [-0.2, 0) is 25.6 Å². The second kappa shape index (κ2) is 13.5. The highest BCUT2D eigenvalue weighted by Crippen LogP contribution is 2.34.